The van der Waals surface area contributed by atoms with Crippen LogP contribution in [0.3, 0.4) is 0 Å². The van der Waals surface area contributed by atoms with Crippen molar-refractivity contribution in [3.8, 4) is 0 Å². The monoisotopic (exact) mass is 403 g/mol. The molecule has 8 heteroatoms. The third-order valence-electron chi connectivity index (χ3n) is 5.00. The van der Waals surface area contributed by atoms with Crippen LogP contribution in [0.2, 0.25) is 0 Å². The van der Waals surface area contributed by atoms with Gasteiger partial charge in [0.2, 0.25) is 5.91 Å². The number of aliphatic hydroxyl groups is 1. The number of rotatable bonds is 6. The van der Waals surface area contributed by atoms with Crippen LogP contribution in [0.25, 0.3) is 10.1 Å². The predicted molar refractivity (Wildman–Crippen MR) is 115 cm³/mol. The molecule has 1 unspecified atom stereocenters. The number of carbonyl (C=O) groups is 1. The molecule has 0 spiro atoms. The highest BCUT2D eigenvalue weighted by Gasteiger charge is 2.18. The lowest BCUT2D eigenvalue weighted by atomic mass is 10.2. The van der Waals surface area contributed by atoms with Gasteiger partial charge in [0.15, 0.2) is 5.96 Å². The first-order valence-corrected chi connectivity index (χ1v) is 10.5. The zero-order valence-electron chi connectivity index (χ0n) is 16.5. The van der Waals surface area contributed by atoms with Gasteiger partial charge in [0, 0.05) is 69.4 Å². The zero-order chi connectivity index (χ0) is 19.9. The van der Waals surface area contributed by atoms with Crippen LogP contribution in [0.1, 0.15) is 17.9 Å². The van der Waals surface area contributed by atoms with Gasteiger partial charge in [-0.3, -0.25) is 14.7 Å². The molecule has 28 heavy (non-hydrogen) atoms. The molecule has 1 atom stereocenters. The lowest BCUT2D eigenvalue weighted by molar-refractivity contribution is -0.130. The highest BCUT2D eigenvalue weighted by molar-refractivity contribution is 7.19. The van der Waals surface area contributed by atoms with Crippen LogP contribution in [0.15, 0.2) is 35.3 Å². The molecular weight excluding hydrogens is 374 g/mol. The van der Waals surface area contributed by atoms with Gasteiger partial charge in [-0.15, -0.1) is 11.3 Å². The second-order valence-electron chi connectivity index (χ2n) is 6.93. The summed E-state index contributed by atoms with van der Waals surface area (Å²) in [5.41, 5.74) is 0. The van der Waals surface area contributed by atoms with Crippen molar-refractivity contribution in [2.24, 2.45) is 4.99 Å². The molecule has 0 aliphatic carbocycles. The van der Waals surface area contributed by atoms with Crippen molar-refractivity contribution in [2.45, 2.75) is 13.0 Å². The van der Waals surface area contributed by atoms with Gasteiger partial charge in [-0.25, -0.2) is 0 Å². The molecule has 0 saturated carbocycles. The summed E-state index contributed by atoms with van der Waals surface area (Å²) in [6.07, 6.45) is -0.574. The van der Waals surface area contributed by atoms with E-state index in [0.29, 0.717) is 12.5 Å². The van der Waals surface area contributed by atoms with Crippen LogP contribution in [0.5, 0.6) is 0 Å². The molecule has 1 fully saturated rings. The molecule has 2 heterocycles. The fraction of sp³-hybridized carbons (Fsp3) is 0.500. The maximum atomic E-state index is 11.4. The Labute approximate surface area is 170 Å². The minimum absolute atomic E-state index is 0.152. The molecule has 7 nitrogen and oxygen atoms in total. The van der Waals surface area contributed by atoms with Gasteiger partial charge in [-0.05, 0) is 17.5 Å². The Bertz CT molecular complexity index is 781. The van der Waals surface area contributed by atoms with Gasteiger partial charge in [-0.2, -0.15) is 0 Å². The first kappa shape index (κ1) is 20.6. The molecule has 3 N–H and O–H groups in total. The molecule has 1 aromatic heterocycles. The van der Waals surface area contributed by atoms with E-state index in [0.717, 1.165) is 49.5 Å². The van der Waals surface area contributed by atoms with E-state index in [1.54, 1.807) is 25.3 Å². The average molecular weight is 404 g/mol. The Morgan fingerprint density at radius 2 is 2.00 bits per heavy atom. The topological polar surface area (TPSA) is 80.2 Å². The molecule has 1 aromatic carbocycles. The van der Waals surface area contributed by atoms with Gasteiger partial charge in [-0.1, -0.05) is 18.2 Å². The largest absolute Gasteiger partial charge is 0.386 e. The lowest BCUT2D eigenvalue weighted by Crippen LogP contribution is -2.50. The number of guanidine groups is 1. The smallest absolute Gasteiger partial charge is 0.219 e. The third-order valence-corrected chi connectivity index (χ3v) is 6.21. The average Bonchev–Trinajstić information content (AvgIpc) is 3.15. The summed E-state index contributed by atoms with van der Waals surface area (Å²) in [6.45, 7) is 7.08. The number of benzene rings is 1. The number of hydrogen-bond acceptors (Lipinski definition) is 5. The first-order valence-electron chi connectivity index (χ1n) is 9.65. The Balaban J connectivity index is 1.39. The third kappa shape index (κ3) is 5.43. The van der Waals surface area contributed by atoms with Gasteiger partial charge in [0.05, 0.1) is 0 Å². The van der Waals surface area contributed by atoms with Crippen LogP contribution in [0.4, 0.5) is 0 Å². The van der Waals surface area contributed by atoms with Crippen LogP contribution in [-0.4, -0.2) is 79.6 Å². The van der Waals surface area contributed by atoms with Crippen molar-refractivity contribution in [1.29, 1.82) is 0 Å². The highest BCUT2D eigenvalue weighted by Crippen LogP contribution is 2.29. The molecule has 152 valence electrons. The van der Waals surface area contributed by atoms with E-state index in [-0.39, 0.29) is 5.91 Å². The Hall–Kier alpha value is -2.16. The number of amides is 1. The first-order chi connectivity index (χ1) is 13.6. The second kappa shape index (κ2) is 9.86. The van der Waals surface area contributed by atoms with Crippen molar-refractivity contribution in [2.75, 3.05) is 52.9 Å². The molecule has 3 rings (SSSR count). The predicted octanol–water partition coefficient (Wildman–Crippen LogP) is 1.26. The molecule has 1 saturated heterocycles. The molecule has 0 radical (unpaired) electrons. The molecule has 2 aromatic rings. The second-order valence-corrected chi connectivity index (χ2v) is 8.05. The van der Waals surface area contributed by atoms with Crippen LogP contribution in [0, 0.1) is 0 Å². The van der Waals surface area contributed by atoms with E-state index in [2.05, 4.69) is 32.7 Å². The van der Waals surface area contributed by atoms with Gasteiger partial charge < -0.3 is 20.6 Å². The number of nitrogens with zero attached hydrogens (tertiary/aromatic N) is 3. The minimum Gasteiger partial charge on any atom is -0.386 e. The molecular formula is C20H29N5O2S. The van der Waals surface area contributed by atoms with E-state index in [1.807, 2.05) is 23.1 Å². The van der Waals surface area contributed by atoms with Crippen LogP contribution < -0.4 is 10.6 Å². The Morgan fingerprint density at radius 1 is 1.25 bits per heavy atom. The number of nitrogens with one attached hydrogen (secondary N) is 2. The van der Waals surface area contributed by atoms with E-state index in [1.165, 1.54) is 4.70 Å². The van der Waals surface area contributed by atoms with Gasteiger partial charge in [0.1, 0.15) is 6.10 Å². The van der Waals surface area contributed by atoms with Gasteiger partial charge in [0.25, 0.3) is 0 Å². The van der Waals surface area contributed by atoms with Crippen molar-refractivity contribution >= 4 is 33.3 Å². The van der Waals surface area contributed by atoms with E-state index in [9.17, 15) is 9.90 Å². The van der Waals surface area contributed by atoms with Crippen molar-refractivity contribution < 1.29 is 9.90 Å². The normalized spacial score (nSPS) is 17.0. The fourth-order valence-corrected chi connectivity index (χ4v) is 4.35. The quantitative estimate of drug-likeness (QED) is 0.500. The summed E-state index contributed by atoms with van der Waals surface area (Å²) in [5, 5.41) is 18.1. The Kier molecular flexibility index (Phi) is 7.24. The molecule has 1 aliphatic rings. The number of thiophene rings is 1. The van der Waals surface area contributed by atoms with Crippen LogP contribution >= 0.6 is 11.3 Å². The standard InChI is InChI=1S/C20H29N5O2S/c1-15(26)25-11-9-24(10-12-25)8-7-22-20(21-2)23-14-17(27)19-13-16-5-3-4-6-18(16)28-19/h3-6,13,17,27H,7-12,14H2,1-2H3,(H2,21,22,23). The summed E-state index contributed by atoms with van der Waals surface area (Å²) in [7, 11) is 1.73. The van der Waals surface area contributed by atoms with Crippen molar-refractivity contribution in [3.05, 3.63) is 35.2 Å². The summed E-state index contributed by atoms with van der Waals surface area (Å²) >= 11 is 1.62. The SMILES string of the molecule is CN=C(NCCN1CCN(C(C)=O)CC1)NCC(O)c1cc2ccccc2s1. The van der Waals surface area contributed by atoms with Crippen molar-refractivity contribution in [1.82, 2.24) is 20.4 Å². The number of piperazine rings is 1. The van der Waals surface area contributed by atoms with E-state index in [4.69, 9.17) is 0 Å². The summed E-state index contributed by atoms with van der Waals surface area (Å²) in [5.74, 6) is 0.835. The van der Waals surface area contributed by atoms with Crippen LogP contribution in [-0.2, 0) is 4.79 Å². The molecule has 1 aliphatic heterocycles. The summed E-state index contributed by atoms with van der Waals surface area (Å²) in [4.78, 5) is 20.8. The molecule has 1 amide bonds. The number of aliphatic hydroxyl groups excluding tert-OH is 1. The summed E-state index contributed by atoms with van der Waals surface area (Å²) < 4.78 is 1.18. The number of carbonyl (C=O) groups excluding carboxylic acids is 1. The molecule has 0 bridgehead atoms. The van der Waals surface area contributed by atoms with Gasteiger partial charge >= 0.3 is 0 Å². The Morgan fingerprint density at radius 3 is 2.68 bits per heavy atom. The fourth-order valence-electron chi connectivity index (χ4n) is 3.30. The van der Waals surface area contributed by atoms with Crippen molar-refractivity contribution in [3.63, 3.8) is 0 Å². The number of fused-ring (bicyclic) bond motifs is 1. The maximum Gasteiger partial charge on any atom is 0.219 e. The van der Waals surface area contributed by atoms with E-state index >= 15 is 0 Å². The lowest BCUT2D eigenvalue weighted by Gasteiger charge is -2.34. The van der Waals surface area contributed by atoms with E-state index < -0.39 is 6.10 Å². The number of hydrogen-bond donors (Lipinski definition) is 3. The minimum atomic E-state index is -0.574. The summed E-state index contributed by atoms with van der Waals surface area (Å²) in [6, 6.07) is 10.2. The number of aliphatic imine (C=N–C) groups is 1. The maximum absolute atomic E-state index is 11.4. The highest BCUT2D eigenvalue weighted by atomic mass is 32.1. The zero-order valence-corrected chi connectivity index (χ0v) is 17.3.